The SMILES string of the molecule is O=C1/C(=C\c2ccc3c(c2)OCO3)Oc2c1ccc(O)c2C[NH+]1CCCCCC1. The molecule has 0 saturated carbocycles. The molecule has 0 amide bonds. The summed E-state index contributed by atoms with van der Waals surface area (Å²) in [5.74, 6) is 2.14. The number of aromatic hydroxyl groups is 1. The molecule has 3 heterocycles. The fourth-order valence-corrected chi connectivity index (χ4v) is 4.28. The maximum Gasteiger partial charge on any atom is 0.231 e. The van der Waals surface area contributed by atoms with E-state index in [1.54, 1.807) is 18.2 Å². The number of hydrogen-bond donors (Lipinski definition) is 2. The van der Waals surface area contributed by atoms with Gasteiger partial charge in [0.05, 0.1) is 24.2 Å². The number of phenols is 1. The number of hydrogen-bond acceptors (Lipinski definition) is 5. The molecule has 0 bridgehead atoms. The third-order valence-corrected chi connectivity index (χ3v) is 5.85. The number of fused-ring (bicyclic) bond motifs is 2. The van der Waals surface area contributed by atoms with Gasteiger partial charge in [-0.2, -0.15) is 0 Å². The second kappa shape index (κ2) is 7.44. The minimum Gasteiger partial charge on any atom is -0.507 e. The van der Waals surface area contributed by atoms with Crippen LogP contribution in [0.4, 0.5) is 0 Å². The fraction of sp³-hybridized carbons (Fsp3) is 0.348. The zero-order valence-corrected chi connectivity index (χ0v) is 16.2. The van der Waals surface area contributed by atoms with Gasteiger partial charge in [0, 0.05) is 0 Å². The predicted octanol–water partition coefficient (Wildman–Crippen LogP) is 2.70. The first-order valence-corrected chi connectivity index (χ1v) is 10.2. The number of phenolic OH excluding ortho intramolecular Hbond substituents is 1. The Balaban J connectivity index is 1.44. The number of ether oxygens (including phenoxy) is 3. The van der Waals surface area contributed by atoms with E-state index in [1.165, 1.54) is 30.6 Å². The van der Waals surface area contributed by atoms with Gasteiger partial charge in [0.15, 0.2) is 23.0 Å². The van der Waals surface area contributed by atoms with Crippen LogP contribution in [0.25, 0.3) is 6.08 Å². The number of likely N-dealkylation sites (tertiary alicyclic amines) is 1. The van der Waals surface area contributed by atoms with Gasteiger partial charge in [-0.1, -0.05) is 6.07 Å². The highest BCUT2D eigenvalue weighted by Crippen LogP contribution is 2.40. The van der Waals surface area contributed by atoms with Crippen LogP contribution in [0, 0.1) is 0 Å². The van der Waals surface area contributed by atoms with E-state index in [0.717, 1.165) is 24.2 Å². The molecule has 2 N–H and O–H groups in total. The summed E-state index contributed by atoms with van der Waals surface area (Å²) in [6.45, 7) is 3.03. The zero-order chi connectivity index (χ0) is 19.8. The van der Waals surface area contributed by atoms with Crippen molar-refractivity contribution in [2.24, 2.45) is 0 Å². The van der Waals surface area contributed by atoms with Crippen molar-refractivity contribution in [2.75, 3.05) is 19.9 Å². The molecule has 2 aromatic rings. The first-order valence-electron chi connectivity index (χ1n) is 10.2. The van der Waals surface area contributed by atoms with Crippen LogP contribution in [-0.4, -0.2) is 30.8 Å². The van der Waals surface area contributed by atoms with Crippen molar-refractivity contribution in [1.29, 1.82) is 0 Å². The number of rotatable bonds is 3. The molecule has 0 unspecified atom stereocenters. The van der Waals surface area contributed by atoms with Crippen molar-refractivity contribution in [3.8, 4) is 23.0 Å². The standard InChI is InChI=1S/C23H23NO5/c25-18-7-6-16-22(26)21(12-15-5-8-19-20(11-15)28-14-27-19)29-23(16)17(18)13-24-9-3-1-2-4-10-24/h5-8,11-12,25H,1-4,9-10,13-14H2/p+1/b21-12+. The van der Waals surface area contributed by atoms with Crippen molar-refractivity contribution in [1.82, 2.24) is 0 Å². The highest BCUT2D eigenvalue weighted by molar-refractivity contribution is 6.15. The van der Waals surface area contributed by atoms with E-state index in [2.05, 4.69) is 0 Å². The van der Waals surface area contributed by atoms with Crippen LogP contribution in [0.1, 0.15) is 47.2 Å². The molecule has 29 heavy (non-hydrogen) atoms. The second-order valence-corrected chi connectivity index (χ2v) is 7.83. The Bertz CT molecular complexity index is 989. The molecule has 0 atom stereocenters. The topological polar surface area (TPSA) is 69.4 Å². The summed E-state index contributed by atoms with van der Waals surface area (Å²) in [6, 6.07) is 8.76. The lowest BCUT2D eigenvalue weighted by atomic mass is 10.0. The van der Waals surface area contributed by atoms with Crippen LogP contribution in [0.3, 0.4) is 0 Å². The summed E-state index contributed by atoms with van der Waals surface area (Å²) >= 11 is 0. The van der Waals surface area contributed by atoms with E-state index < -0.39 is 0 Å². The molecule has 150 valence electrons. The number of nitrogens with one attached hydrogen (secondary N) is 1. The van der Waals surface area contributed by atoms with E-state index in [4.69, 9.17) is 14.2 Å². The Labute approximate surface area is 169 Å². The molecule has 6 nitrogen and oxygen atoms in total. The zero-order valence-electron chi connectivity index (χ0n) is 16.2. The highest BCUT2D eigenvalue weighted by atomic mass is 16.7. The van der Waals surface area contributed by atoms with E-state index in [0.29, 0.717) is 29.4 Å². The van der Waals surface area contributed by atoms with Crippen LogP contribution in [0.5, 0.6) is 23.0 Å². The summed E-state index contributed by atoms with van der Waals surface area (Å²) in [5, 5.41) is 10.5. The maximum atomic E-state index is 12.9. The maximum absolute atomic E-state index is 12.9. The predicted molar refractivity (Wildman–Crippen MR) is 106 cm³/mol. The quantitative estimate of drug-likeness (QED) is 0.784. The first kappa shape index (κ1) is 18.1. The lowest BCUT2D eigenvalue weighted by Crippen LogP contribution is -3.10. The van der Waals surface area contributed by atoms with E-state index >= 15 is 0 Å². The Morgan fingerprint density at radius 1 is 1.00 bits per heavy atom. The number of quaternary nitrogens is 1. The minimum atomic E-state index is -0.162. The third-order valence-electron chi connectivity index (χ3n) is 5.85. The summed E-state index contributed by atoms with van der Waals surface area (Å²) < 4.78 is 16.7. The van der Waals surface area contributed by atoms with Crippen LogP contribution in [0.2, 0.25) is 0 Å². The van der Waals surface area contributed by atoms with Crippen molar-refractivity contribution in [2.45, 2.75) is 32.2 Å². The molecule has 6 heteroatoms. The Morgan fingerprint density at radius 3 is 2.62 bits per heavy atom. The molecule has 2 aromatic carbocycles. The number of carbonyl (C=O) groups excluding carboxylic acids is 1. The molecule has 5 rings (SSSR count). The van der Waals surface area contributed by atoms with Gasteiger partial charge < -0.3 is 24.2 Å². The van der Waals surface area contributed by atoms with Gasteiger partial charge in [0.25, 0.3) is 0 Å². The molecule has 3 aliphatic heterocycles. The molecule has 1 saturated heterocycles. The third kappa shape index (κ3) is 3.44. The van der Waals surface area contributed by atoms with Crippen LogP contribution in [0.15, 0.2) is 36.1 Å². The number of benzene rings is 2. The van der Waals surface area contributed by atoms with Gasteiger partial charge in [-0.25, -0.2) is 0 Å². The van der Waals surface area contributed by atoms with Gasteiger partial charge in [-0.15, -0.1) is 0 Å². The van der Waals surface area contributed by atoms with Gasteiger partial charge >= 0.3 is 0 Å². The number of allylic oxidation sites excluding steroid dienone is 1. The first-order chi connectivity index (χ1) is 14.2. The van der Waals surface area contributed by atoms with Gasteiger partial charge in [-0.05, 0) is 61.6 Å². The van der Waals surface area contributed by atoms with Crippen molar-refractivity contribution in [3.63, 3.8) is 0 Å². The molecule has 0 aromatic heterocycles. The van der Waals surface area contributed by atoms with Crippen molar-refractivity contribution < 1.29 is 29.0 Å². The average Bonchev–Trinajstić information content (AvgIpc) is 3.20. The van der Waals surface area contributed by atoms with Crippen LogP contribution in [-0.2, 0) is 6.54 Å². The summed E-state index contributed by atoms with van der Waals surface area (Å²) in [4.78, 5) is 14.3. The Morgan fingerprint density at radius 2 is 1.79 bits per heavy atom. The number of carbonyl (C=O) groups is 1. The van der Waals surface area contributed by atoms with Crippen molar-refractivity contribution >= 4 is 11.9 Å². The Kier molecular flexibility index (Phi) is 4.64. The van der Waals surface area contributed by atoms with Crippen LogP contribution < -0.4 is 19.1 Å². The summed E-state index contributed by atoms with van der Waals surface area (Å²) in [6.07, 6.45) is 6.63. The molecule has 0 spiro atoms. The monoisotopic (exact) mass is 394 g/mol. The van der Waals surface area contributed by atoms with E-state index in [9.17, 15) is 9.90 Å². The molecule has 3 aliphatic rings. The van der Waals surface area contributed by atoms with E-state index in [-0.39, 0.29) is 24.1 Å². The highest BCUT2D eigenvalue weighted by Gasteiger charge is 2.32. The lowest BCUT2D eigenvalue weighted by Gasteiger charge is -2.19. The summed E-state index contributed by atoms with van der Waals surface area (Å²) in [5.41, 5.74) is 2.04. The minimum absolute atomic E-state index is 0.162. The van der Waals surface area contributed by atoms with Gasteiger partial charge in [-0.3, -0.25) is 4.79 Å². The van der Waals surface area contributed by atoms with E-state index in [1.807, 2.05) is 18.2 Å². The smallest absolute Gasteiger partial charge is 0.231 e. The molecule has 0 radical (unpaired) electrons. The van der Waals surface area contributed by atoms with Gasteiger partial charge in [0.2, 0.25) is 12.6 Å². The Hall–Kier alpha value is -2.99. The van der Waals surface area contributed by atoms with Crippen molar-refractivity contribution in [3.05, 3.63) is 52.8 Å². The fourth-order valence-electron chi connectivity index (χ4n) is 4.28. The van der Waals surface area contributed by atoms with Crippen LogP contribution >= 0.6 is 0 Å². The number of Topliss-reactive ketones (excluding diaryl/α,β-unsaturated/α-hetero) is 1. The normalized spacial score (nSPS) is 19.9. The largest absolute Gasteiger partial charge is 0.507 e. The molecule has 0 aliphatic carbocycles. The number of ketones is 1. The molecule has 1 fully saturated rings. The molecular weight excluding hydrogens is 370 g/mol. The molecular formula is C23H24NO5+. The second-order valence-electron chi connectivity index (χ2n) is 7.83. The van der Waals surface area contributed by atoms with Gasteiger partial charge in [0.1, 0.15) is 12.3 Å². The lowest BCUT2D eigenvalue weighted by molar-refractivity contribution is -0.913. The summed E-state index contributed by atoms with van der Waals surface area (Å²) in [7, 11) is 0. The average molecular weight is 394 g/mol.